The van der Waals surface area contributed by atoms with Gasteiger partial charge < -0.3 is 9.80 Å². The van der Waals surface area contributed by atoms with Gasteiger partial charge in [-0.3, -0.25) is 9.59 Å². The summed E-state index contributed by atoms with van der Waals surface area (Å²) in [6, 6.07) is 0.380. The van der Waals surface area contributed by atoms with Crippen molar-refractivity contribution < 1.29 is 9.59 Å². The van der Waals surface area contributed by atoms with Crippen LogP contribution in [0.3, 0.4) is 0 Å². The van der Waals surface area contributed by atoms with Crippen LogP contribution in [0.2, 0.25) is 0 Å². The molecule has 5 heteroatoms. The van der Waals surface area contributed by atoms with Crippen molar-refractivity contribution in [2.75, 3.05) is 25.2 Å². The number of thioether (sulfide) groups is 1. The predicted octanol–water partition coefficient (Wildman–Crippen LogP) is 1.70. The fourth-order valence-electron chi connectivity index (χ4n) is 2.66. The Kier molecular flexibility index (Phi) is 4.92. The standard InChI is InChI=1S/C13H22N2O2S/c1-14(11-6-4-2-3-5-7-11)12(16)8-15-10-18-9-13(15)17/h11H,2-10H2,1H3. The molecule has 0 bridgehead atoms. The maximum absolute atomic E-state index is 12.2. The summed E-state index contributed by atoms with van der Waals surface area (Å²) in [5.41, 5.74) is 0. The molecule has 0 aromatic heterocycles. The van der Waals surface area contributed by atoms with Gasteiger partial charge in [0.2, 0.25) is 11.8 Å². The molecule has 2 fully saturated rings. The summed E-state index contributed by atoms with van der Waals surface area (Å²) in [4.78, 5) is 27.2. The van der Waals surface area contributed by atoms with E-state index >= 15 is 0 Å². The maximum Gasteiger partial charge on any atom is 0.242 e. The number of rotatable bonds is 3. The van der Waals surface area contributed by atoms with E-state index < -0.39 is 0 Å². The third-order valence-electron chi connectivity index (χ3n) is 3.92. The minimum Gasteiger partial charge on any atom is -0.341 e. The highest BCUT2D eigenvalue weighted by Gasteiger charge is 2.27. The van der Waals surface area contributed by atoms with Gasteiger partial charge in [-0.15, -0.1) is 11.8 Å². The first-order valence-electron chi connectivity index (χ1n) is 6.79. The molecule has 0 atom stereocenters. The molecule has 2 aliphatic rings. The summed E-state index contributed by atoms with van der Waals surface area (Å²) in [5.74, 6) is 1.39. The number of amides is 2. The average molecular weight is 270 g/mol. The lowest BCUT2D eigenvalue weighted by molar-refractivity contribution is -0.138. The minimum atomic E-state index is 0.0951. The molecule has 0 unspecified atom stereocenters. The molecule has 102 valence electrons. The highest BCUT2D eigenvalue weighted by atomic mass is 32.2. The summed E-state index contributed by atoms with van der Waals surface area (Å²) >= 11 is 1.59. The van der Waals surface area contributed by atoms with Gasteiger partial charge in [-0.2, -0.15) is 0 Å². The molecule has 1 aliphatic carbocycles. The van der Waals surface area contributed by atoms with Crippen LogP contribution in [0, 0.1) is 0 Å². The number of hydrogen-bond donors (Lipinski definition) is 0. The Morgan fingerprint density at radius 1 is 1.33 bits per heavy atom. The van der Waals surface area contributed by atoms with E-state index in [1.54, 1.807) is 16.7 Å². The van der Waals surface area contributed by atoms with E-state index in [-0.39, 0.29) is 18.4 Å². The van der Waals surface area contributed by atoms with Gasteiger partial charge in [0.05, 0.1) is 11.6 Å². The van der Waals surface area contributed by atoms with Crippen molar-refractivity contribution in [3.63, 3.8) is 0 Å². The van der Waals surface area contributed by atoms with E-state index in [1.807, 2.05) is 11.9 Å². The van der Waals surface area contributed by atoms with Crippen LogP contribution in [-0.4, -0.2) is 52.9 Å². The van der Waals surface area contributed by atoms with E-state index in [0.29, 0.717) is 17.7 Å². The molecule has 0 radical (unpaired) electrons. The van der Waals surface area contributed by atoms with Gasteiger partial charge in [0.1, 0.15) is 6.54 Å². The third-order valence-corrected chi connectivity index (χ3v) is 4.86. The summed E-state index contributed by atoms with van der Waals surface area (Å²) in [6.07, 6.45) is 7.26. The lowest BCUT2D eigenvalue weighted by Gasteiger charge is -2.28. The van der Waals surface area contributed by atoms with Crippen LogP contribution in [0.25, 0.3) is 0 Å². The fourth-order valence-corrected chi connectivity index (χ4v) is 3.57. The van der Waals surface area contributed by atoms with Gasteiger partial charge in [-0.25, -0.2) is 0 Å². The lowest BCUT2D eigenvalue weighted by Crippen LogP contribution is -2.43. The molecular formula is C13H22N2O2S. The fraction of sp³-hybridized carbons (Fsp3) is 0.846. The average Bonchev–Trinajstić information content (AvgIpc) is 2.63. The predicted molar refractivity (Wildman–Crippen MR) is 73.3 cm³/mol. The van der Waals surface area contributed by atoms with Crippen molar-refractivity contribution in [2.24, 2.45) is 0 Å². The molecule has 1 saturated carbocycles. The normalized spacial score (nSPS) is 22.1. The van der Waals surface area contributed by atoms with E-state index in [1.165, 1.54) is 25.7 Å². The van der Waals surface area contributed by atoms with Crippen molar-refractivity contribution in [1.29, 1.82) is 0 Å². The second-order valence-corrected chi connectivity index (χ2v) is 6.17. The molecule has 4 nitrogen and oxygen atoms in total. The van der Waals surface area contributed by atoms with Crippen LogP contribution in [-0.2, 0) is 9.59 Å². The number of hydrogen-bond acceptors (Lipinski definition) is 3. The van der Waals surface area contributed by atoms with Crippen LogP contribution in [0.4, 0.5) is 0 Å². The first-order valence-corrected chi connectivity index (χ1v) is 7.95. The molecule has 0 N–H and O–H groups in total. The van der Waals surface area contributed by atoms with Crippen LogP contribution in [0.1, 0.15) is 38.5 Å². The molecule has 18 heavy (non-hydrogen) atoms. The van der Waals surface area contributed by atoms with Crippen molar-refractivity contribution >= 4 is 23.6 Å². The van der Waals surface area contributed by atoms with Gasteiger partial charge >= 0.3 is 0 Å². The smallest absolute Gasteiger partial charge is 0.242 e. The summed E-state index contributed by atoms with van der Waals surface area (Å²) < 4.78 is 0. The summed E-state index contributed by atoms with van der Waals surface area (Å²) in [7, 11) is 1.89. The van der Waals surface area contributed by atoms with Crippen LogP contribution >= 0.6 is 11.8 Å². The van der Waals surface area contributed by atoms with Crippen molar-refractivity contribution in [3.8, 4) is 0 Å². The summed E-state index contributed by atoms with van der Waals surface area (Å²) in [5, 5.41) is 0. The quantitative estimate of drug-likeness (QED) is 0.733. The molecule has 2 rings (SSSR count). The zero-order chi connectivity index (χ0) is 13.0. The Hall–Kier alpha value is -0.710. The van der Waals surface area contributed by atoms with Crippen LogP contribution in [0.15, 0.2) is 0 Å². The molecule has 0 aromatic carbocycles. The highest BCUT2D eigenvalue weighted by molar-refractivity contribution is 8.00. The SMILES string of the molecule is CN(C(=O)CN1CSCC1=O)C1CCCCCC1. The zero-order valence-corrected chi connectivity index (χ0v) is 11.9. The molecule has 1 saturated heterocycles. The Morgan fingerprint density at radius 3 is 2.56 bits per heavy atom. The topological polar surface area (TPSA) is 40.6 Å². The second-order valence-electron chi connectivity index (χ2n) is 5.22. The Morgan fingerprint density at radius 2 is 2.00 bits per heavy atom. The van der Waals surface area contributed by atoms with E-state index in [0.717, 1.165) is 12.8 Å². The molecule has 2 amide bonds. The molecule has 0 aromatic rings. The van der Waals surface area contributed by atoms with Crippen molar-refractivity contribution in [1.82, 2.24) is 9.80 Å². The van der Waals surface area contributed by atoms with Crippen molar-refractivity contribution in [3.05, 3.63) is 0 Å². The monoisotopic (exact) mass is 270 g/mol. The largest absolute Gasteiger partial charge is 0.341 e. The highest BCUT2D eigenvalue weighted by Crippen LogP contribution is 2.22. The van der Waals surface area contributed by atoms with E-state index in [2.05, 4.69) is 0 Å². The Bertz CT molecular complexity index is 314. The maximum atomic E-state index is 12.2. The number of carbonyl (C=O) groups excluding carboxylic acids is 2. The Balaban J connectivity index is 1.85. The van der Waals surface area contributed by atoms with Gasteiger partial charge in [0, 0.05) is 13.1 Å². The number of nitrogens with zero attached hydrogens (tertiary/aromatic N) is 2. The van der Waals surface area contributed by atoms with Gasteiger partial charge in [0.25, 0.3) is 0 Å². The number of likely N-dealkylation sites (N-methyl/N-ethyl adjacent to an activating group) is 1. The third kappa shape index (κ3) is 3.40. The molecule has 1 heterocycles. The van der Waals surface area contributed by atoms with Gasteiger partial charge in [-0.05, 0) is 12.8 Å². The minimum absolute atomic E-state index is 0.0951. The first kappa shape index (κ1) is 13.7. The summed E-state index contributed by atoms with van der Waals surface area (Å²) in [6.45, 7) is 0.263. The molecular weight excluding hydrogens is 248 g/mol. The zero-order valence-electron chi connectivity index (χ0n) is 11.1. The van der Waals surface area contributed by atoms with E-state index in [9.17, 15) is 9.59 Å². The van der Waals surface area contributed by atoms with Gasteiger partial charge in [0.15, 0.2) is 0 Å². The van der Waals surface area contributed by atoms with Crippen molar-refractivity contribution in [2.45, 2.75) is 44.6 Å². The second kappa shape index (κ2) is 6.45. The lowest BCUT2D eigenvalue weighted by atomic mass is 10.1. The van der Waals surface area contributed by atoms with Gasteiger partial charge in [-0.1, -0.05) is 25.7 Å². The van der Waals surface area contributed by atoms with Crippen LogP contribution < -0.4 is 0 Å². The molecule has 1 aliphatic heterocycles. The Labute approximate surface area is 113 Å². The number of carbonyl (C=O) groups is 2. The first-order chi connectivity index (χ1) is 8.68. The van der Waals surface area contributed by atoms with E-state index in [4.69, 9.17) is 0 Å². The molecule has 0 spiro atoms. The van der Waals surface area contributed by atoms with Crippen LogP contribution in [0.5, 0.6) is 0 Å².